The maximum atomic E-state index is 12.8. The molecule has 0 fully saturated rings. The number of hydrogen-bond donors (Lipinski definition) is 3. The maximum absolute atomic E-state index is 12.8. The minimum atomic E-state index is -2.62. The van der Waals surface area contributed by atoms with E-state index in [0.717, 1.165) is 20.8 Å². The molecule has 2 atom stereocenters. The standard InChI is InChI=1S/C28H25ClNOPS3/c1-21(31)30-28(34,27(33)35-26-19-17-22(29)18-20-26)32(23-11-5-2-6-12-23,24-13-7-3-8-14-24)25-15-9-4-10-16-25/h2-20,27H,1H3,(H2-,30,31,33,34)/p+1. The van der Waals surface area contributed by atoms with Gasteiger partial charge in [0, 0.05) is 16.8 Å². The van der Waals surface area contributed by atoms with Crippen molar-refractivity contribution in [2.45, 2.75) is 21.0 Å². The van der Waals surface area contributed by atoms with Crippen molar-refractivity contribution in [2.24, 2.45) is 0 Å². The first kappa shape index (κ1) is 26.2. The fourth-order valence-electron chi connectivity index (χ4n) is 4.29. The van der Waals surface area contributed by atoms with E-state index in [0.29, 0.717) is 5.02 Å². The van der Waals surface area contributed by atoms with Crippen LogP contribution in [0.25, 0.3) is 0 Å². The van der Waals surface area contributed by atoms with E-state index in [1.807, 2.05) is 78.9 Å². The molecule has 178 valence electrons. The Bertz CT molecular complexity index is 1160. The summed E-state index contributed by atoms with van der Waals surface area (Å²) in [6.07, 6.45) is 0. The van der Waals surface area contributed by atoms with E-state index in [4.69, 9.17) is 36.9 Å². The van der Waals surface area contributed by atoms with Gasteiger partial charge < -0.3 is 5.32 Å². The lowest BCUT2D eigenvalue weighted by Crippen LogP contribution is -2.58. The fourth-order valence-corrected chi connectivity index (χ4v) is 12.7. The molecule has 0 aromatic heterocycles. The molecule has 1 amide bonds. The van der Waals surface area contributed by atoms with Crippen molar-refractivity contribution in [3.63, 3.8) is 0 Å². The molecule has 4 aromatic carbocycles. The summed E-state index contributed by atoms with van der Waals surface area (Å²) in [7, 11) is -2.62. The first-order valence-corrected chi connectivity index (χ1v) is 15.1. The van der Waals surface area contributed by atoms with Gasteiger partial charge in [-0.1, -0.05) is 66.2 Å². The number of rotatable bonds is 8. The number of halogens is 1. The Morgan fingerprint density at radius 1 is 0.800 bits per heavy atom. The molecule has 2 nitrogen and oxygen atoms in total. The number of benzene rings is 4. The molecule has 0 saturated carbocycles. The average molecular weight is 555 g/mol. The molecule has 4 rings (SSSR count). The Balaban J connectivity index is 2.03. The van der Waals surface area contributed by atoms with E-state index in [9.17, 15) is 4.79 Å². The molecule has 0 aliphatic heterocycles. The molecular formula is C28H26ClNOPS3+. The van der Waals surface area contributed by atoms with E-state index in [1.54, 1.807) is 11.8 Å². The molecule has 35 heavy (non-hydrogen) atoms. The van der Waals surface area contributed by atoms with Crippen molar-refractivity contribution in [1.82, 2.24) is 5.32 Å². The highest BCUT2D eigenvalue weighted by Crippen LogP contribution is 2.69. The predicted octanol–water partition coefficient (Wildman–Crippen LogP) is 6.40. The Kier molecular flexibility index (Phi) is 8.57. The van der Waals surface area contributed by atoms with Gasteiger partial charge >= 0.3 is 0 Å². The lowest BCUT2D eigenvalue weighted by Gasteiger charge is -2.44. The smallest absolute Gasteiger partial charge is 0.229 e. The molecule has 0 aliphatic rings. The second-order valence-corrected chi connectivity index (χ2v) is 15.1. The van der Waals surface area contributed by atoms with Crippen LogP contribution in [0.3, 0.4) is 0 Å². The minimum Gasteiger partial charge on any atom is -0.308 e. The van der Waals surface area contributed by atoms with Gasteiger partial charge in [-0.15, -0.1) is 24.4 Å². The molecule has 4 aromatic rings. The van der Waals surface area contributed by atoms with Crippen LogP contribution in [0.1, 0.15) is 6.92 Å². The lowest BCUT2D eigenvalue weighted by atomic mass is 10.3. The molecule has 0 bridgehead atoms. The summed E-state index contributed by atoms with van der Waals surface area (Å²) in [6.45, 7) is 1.54. The normalized spacial score (nSPS) is 14.1. The van der Waals surface area contributed by atoms with Crippen molar-refractivity contribution >= 4 is 77.7 Å². The largest absolute Gasteiger partial charge is 0.308 e. The zero-order valence-corrected chi connectivity index (χ0v) is 23.3. The highest BCUT2D eigenvalue weighted by molar-refractivity contribution is 8.15. The number of hydrogen-bond acceptors (Lipinski definition) is 4. The average Bonchev–Trinajstić information content (AvgIpc) is 2.87. The third-order valence-electron chi connectivity index (χ3n) is 5.71. The number of amides is 1. The van der Waals surface area contributed by atoms with Crippen molar-refractivity contribution in [3.8, 4) is 0 Å². The topological polar surface area (TPSA) is 29.1 Å². The predicted molar refractivity (Wildman–Crippen MR) is 161 cm³/mol. The van der Waals surface area contributed by atoms with Crippen LogP contribution in [0.4, 0.5) is 0 Å². The number of nitrogens with one attached hydrogen (secondary N) is 1. The Labute approximate surface area is 228 Å². The Hall–Kier alpha value is -1.88. The molecule has 7 heteroatoms. The van der Waals surface area contributed by atoms with E-state index >= 15 is 0 Å². The summed E-state index contributed by atoms with van der Waals surface area (Å²) in [6, 6.07) is 38.7. The molecular weight excluding hydrogens is 529 g/mol. The van der Waals surface area contributed by atoms with Crippen LogP contribution in [-0.4, -0.2) is 15.1 Å². The second kappa shape index (κ2) is 11.5. The van der Waals surface area contributed by atoms with Gasteiger partial charge in [0.25, 0.3) is 0 Å². The van der Waals surface area contributed by atoms with Gasteiger partial charge in [0.2, 0.25) is 10.5 Å². The van der Waals surface area contributed by atoms with Crippen LogP contribution in [0.2, 0.25) is 5.02 Å². The Morgan fingerprint density at radius 3 is 1.57 bits per heavy atom. The molecule has 0 heterocycles. The van der Waals surface area contributed by atoms with Gasteiger partial charge in [0.05, 0.1) is 0 Å². The minimum absolute atomic E-state index is 0.164. The lowest BCUT2D eigenvalue weighted by molar-refractivity contribution is -0.119. The maximum Gasteiger partial charge on any atom is 0.229 e. The molecule has 0 radical (unpaired) electrons. The summed E-state index contributed by atoms with van der Waals surface area (Å²) in [5, 5.41) is 7.27. The summed E-state index contributed by atoms with van der Waals surface area (Å²) in [5.41, 5.74) is 0. The fraction of sp³-hybridized carbons (Fsp3) is 0.107. The van der Waals surface area contributed by atoms with Crippen LogP contribution in [0.5, 0.6) is 0 Å². The van der Waals surface area contributed by atoms with Crippen molar-refractivity contribution < 1.29 is 4.79 Å². The van der Waals surface area contributed by atoms with Crippen LogP contribution in [0, 0.1) is 0 Å². The summed E-state index contributed by atoms with van der Waals surface area (Å²) >= 11 is 18.2. The molecule has 0 aliphatic carbocycles. The SMILES string of the molecule is CC(=O)NC(S)(C(S)Sc1ccc(Cl)cc1)[P+](c1ccccc1)(c1ccccc1)c1ccccc1. The second-order valence-electron chi connectivity index (χ2n) is 8.01. The van der Waals surface area contributed by atoms with Crippen molar-refractivity contribution in [3.05, 3.63) is 120 Å². The zero-order chi connectivity index (χ0) is 24.9. The van der Waals surface area contributed by atoms with Crippen molar-refractivity contribution in [2.75, 3.05) is 0 Å². The molecule has 0 saturated heterocycles. The molecule has 0 spiro atoms. The molecule has 2 unspecified atom stereocenters. The first-order chi connectivity index (χ1) is 16.9. The quantitative estimate of drug-likeness (QED) is 0.102. The van der Waals surface area contributed by atoms with E-state index < -0.39 is 16.5 Å². The zero-order valence-electron chi connectivity index (χ0n) is 19.1. The number of carbonyl (C=O) groups excluding carboxylic acids is 1. The number of carbonyl (C=O) groups is 1. The highest BCUT2D eigenvalue weighted by atomic mass is 35.5. The van der Waals surface area contributed by atoms with Gasteiger partial charge in [-0.3, -0.25) is 4.79 Å². The summed E-state index contributed by atoms with van der Waals surface area (Å²) in [5.74, 6) is -0.164. The van der Waals surface area contributed by atoms with Gasteiger partial charge in [-0.2, -0.15) is 12.6 Å². The summed E-state index contributed by atoms with van der Waals surface area (Å²) in [4.78, 5) is 13.8. The molecule has 1 N–H and O–H groups in total. The highest BCUT2D eigenvalue weighted by Gasteiger charge is 2.65. The van der Waals surface area contributed by atoms with Crippen LogP contribution in [-0.2, 0) is 4.79 Å². The van der Waals surface area contributed by atoms with Crippen LogP contribution >= 0.6 is 55.9 Å². The van der Waals surface area contributed by atoms with Gasteiger partial charge in [0.15, 0.2) is 7.26 Å². The van der Waals surface area contributed by atoms with Crippen LogP contribution < -0.4 is 21.2 Å². The van der Waals surface area contributed by atoms with Gasteiger partial charge in [0.1, 0.15) is 20.5 Å². The van der Waals surface area contributed by atoms with Crippen LogP contribution in [0.15, 0.2) is 120 Å². The van der Waals surface area contributed by atoms with E-state index in [-0.39, 0.29) is 5.91 Å². The van der Waals surface area contributed by atoms with Gasteiger partial charge in [-0.25, -0.2) is 0 Å². The third kappa shape index (κ3) is 5.30. The Morgan fingerprint density at radius 2 is 1.20 bits per heavy atom. The van der Waals surface area contributed by atoms with E-state index in [2.05, 4.69) is 41.7 Å². The van der Waals surface area contributed by atoms with Crippen molar-refractivity contribution in [1.29, 1.82) is 0 Å². The number of thioether (sulfide) groups is 1. The van der Waals surface area contributed by atoms with Gasteiger partial charge in [-0.05, 0) is 60.7 Å². The summed E-state index contributed by atoms with van der Waals surface area (Å²) < 4.78 is -1.46. The third-order valence-corrected chi connectivity index (χ3v) is 14.4. The van der Waals surface area contributed by atoms with E-state index in [1.165, 1.54) is 6.92 Å². The monoisotopic (exact) mass is 554 g/mol. The number of thiol groups is 2. The first-order valence-electron chi connectivity index (χ1n) is 11.1.